The van der Waals surface area contributed by atoms with E-state index in [0.717, 1.165) is 11.8 Å². The molecule has 2 atom stereocenters. The van der Waals surface area contributed by atoms with Gasteiger partial charge in [-0.1, -0.05) is 52.4 Å². The van der Waals surface area contributed by atoms with E-state index in [1.807, 2.05) is 0 Å². The van der Waals surface area contributed by atoms with Gasteiger partial charge in [-0.15, -0.1) is 0 Å². The summed E-state index contributed by atoms with van der Waals surface area (Å²) in [4.78, 5) is 0. The highest BCUT2D eigenvalue weighted by atomic mass is 14.5. The Kier molecular flexibility index (Phi) is 2.67. The van der Waals surface area contributed by atoms with Crippen molar-refractivity contribution in [1.29, 1.82) is 0 Å². The van der Waals surface area contributed by atoms with Crippen molar-refractivity contribution in [1.82, 2.24) is 0 Å². The molecule has 0 heteroatoms. The van der Waals surface area contributed by atoms with Gasteiger partial charge in [0.25, 0.3) is 0 Å². The van der Waals surface area contributed by atoms with Crippen molar-refractivity contribution in [3.05, 3.63) is 0 Å². The molecule has 0 aromatic rings. The number of fused-ring (bicyclic) bond motifs is 1. The number of rotatable bonds is 0. The van der Waals surface area contributed by atoms with E-state index in [4.69, 9.17) is 0 Å². The molecule has 0 N–H and O–H groups in total. The second kappa shape index (κ2) is 3.63. The smallest absolute Gasteiger partial charge is 0.0323 e. The second-order valence-electron chi connectivity index (χ2n) is 5.90. The van der Waals surface area contributed by atoms with Crippen LogP contribution in [0.5, 0.6) is 0 Å². The predicted molar refractivity (Wildman–Crippen MR) is 57.7 cm³/mol. The summed E-state index contributed by atoms with van der Waals surface area (Å²) in [6.45, 7) is 5.00. The molecule has 0 nitrogen and oxygen atoms in total. The van der Waals surface area contributed by atoms with Crippen LogP contribution in [0.25, 0.3) is 0 Å². The van der Waals surface area contributed by atoms with Crippen molar-refractivity contribution in [3.8, 4) is 0 Å². The van der Waals surface area contributed by atoms with E-state index in [-0.39, 0.29) is 0 Å². The molecule has 13 heavy (non-hydrogen) atoms. The Hall–Kier alpha value is 0. The third-order valence-corrected chi connectivity index (χ3v) is 4.32. The van der Waals surface area contributed by atoms with Crippen molar-refractivity contribution in [2.45, 2.75) is 65.2 Å². The summed E-state index contributed by atoms with van der Waals surface area (Å²) in [6.07, 6.45) is 12.0. The van der Waals surface area contributed by atoms with Crippen LogP contribution in [0.4, 0.5) is 0 Å². The molecule has 0 aliphatic heterocycles. The quantitative estimate of drug-likeness (QED) is 0.518. The van der Waals surface area contributed by atoms with E-state index in [2.05, 4.69) is 13.8 Å². The van der Waals surface area contributed by atoms with E-state index in [9.17, 15) is 0 Å². The van der Waals surface area contributed by atoms with Crippen LogP contribution >= 0.6 is 0 Å². The van der Waals surface area contributed by atoms with Gasteiger partial charge < -0.3 is 0 Å². The van der Waals surface area contributed by atoms with Gasteiger partial charge in [0.05, 0.1) is 0 Å². The van der Waals surface area contributed by atoms with Gasteiger partial charge in [-0.05, 0) is 30.1 Å². The maximum absolute atomic E-state index is 2.50. The molecule has 0 radical (unpaired) electrons. The molecule has 0 heterocycles. The Labute approximate surface area is 83.1 Å². The summed E-state index contributed by atoms with van der Waals surface area (Å²) in [5.74, 6) is 2.21. The van der Waals surface area contributed by atoms with Gasteiger partial charge in [0.1, 0.15) is 0 Å². The third-order valence-electron chi connectivity index (χ3n) is 4.32. The second-order valence-corrected chi connectivity index (χ2v) is 5.90. The molecule has 2 fully saturated rings. The Morgan fingerprint density at radius 3 is 2.46 bits per heavy atom. The van der Waals surface area contributed by atoms with Gasteiger partial charge in [-0.2, -0.15) is 0 Å². The van der Waals surface area contributed by atoms with Gasteiger partial charge >= 0.3 is 0 Å². The van der Waals surface area contributed by atoms with E-state index in [1.165, 1.54) is 44.9 Å². The SMILES string of the molecule is CC1(C)CCCCCCCC2CC21. The fourth-order valence-corrected chi connectivity index (χ4v) is 3.23. The van der Waals surface area contributed by atoms with Crippen LogP contribution in [0.1, 0.15) is 65.2 Å². The maximum atomic E-state index is 2.50. The average Bonchev–Trinajstić information content (AvgIpc) is 2.82. The fourth-order valence-electron chi connectivity index (χ4n) is 3.23. The third kappa shape index (κ3) is 2.27. The van der Waals surface area contributed by atoms with E-state index < -0.39 is 0 Å². The van der Waals surface area contributed by atoms with E-state index in [0.29, 0.717) is 5.41 Å². The van der Waals surface area contributed by atoms with Crippen molar-refractivity contribution in [3.63, 3.8) is 0 Å². The standard InChI is InChI=1S/C13H24/c1-13(2)9-7-5-3-4-6-8-11-10-12(11)13/h11-12H,3-10H2,1-2H3. The highest BCUT2D eigenvalue weighted by Gasteiger charge is 2.46. The molecular weight excluding hydrogens is 156 g/mol. The van der Waals surface area contributed by atoms with Crippen molar-refractivity contribution >= 4 is 0 Å². The van der Waals surface area contributed by atoms with Gasteiger partial charge in [-0.25, -0.2) is 0 Å². The lowest BCUT2D eigenvalue weighted by atomic mass is 9.80. The summed E-state index contributed by atoms with van der Waals surface area (Å²) >= 11 is 0. The number of hydrogen-bond acceptors (Lipinski definition) is 0. The predicted octanol–water partition coefficient (Wildman–Crippen LogP) is 4.39. The lowest BCUT2D eigenvalue weighted by molar-refractivity contribution is 0.249. The zero-order valence-electron chi connectivity index (χ0n) is 9.31. The van der Waals surface area contributed by atoms with Crippen molar-refractivity contribution in [2.75, 3.05) is 0 Å². The van der Waals surface area contributed by atoms with Crippen LogP contribution in [-0.2, 0) is 0 Å². The topological polar surface area (TPSA) is 0 Å². The molecule has 0 amide bonds. The first-order valence-electron chi connectivity index (χ1n) is 6.20. The highest BCUT2D eigenvalue weighted by molar-refractivity contribution is 4.96. The van der Waals surface area contributed by atoms with E-state index >= 15 is 0 Å². The molecule has 0 aromatic carbocycles. The molecule has 0 aromatic heterocycles. The van der Waals surface area contributed by atoms with Gasteiger partial charge in [0, 0.05) is 0 Å². The molecule has 2 saturated carbocycles. The molecule has 2 rings (SSSR count). The lowest BCUT2D eigenvalue weighted by Gasteiger charge is -2.26. The molecule has 0 spiro atoms. The van der Waals surface area contributed by atoms with Crippen LogP contribution in [0.2, 0.25) is 0 Å². The molecule has 2 unspecified atom stereocenters. The first-order chi connectivity index (χ1) is 6.20. The van der Waals surface area contributed by atoms with Crippen molar-refractivity contribution < 1.29 is 0 Å². The van der Waals surface area contributed by atoms with Crippen LogP contribution in [0.15, 0.2) is 0 Å². The molecule has 0 bridgehead atoms. The van der Waals surface area contributed by atoms with Gasteiger partial charge in [-0.3, -0.25) is 0 Å². The summed E-state index contributed by atoms with van der Waals surface area (Å²) in [5, 5.41) is 0. The van der Waals surface area contributed by atoms with Crippen molar-refractivity contribution in [2.24, 2.45) is 17.3 Å². The fraction of sp³-hybridized carbons (Fsp3) is 1.00. The zero-order valence-corrected chi connectivity index (χ0v) is 9.31. The minimum atomic E-state index is 0.669. The summed E-state index contributed by atoms with van der Waals surface area (Å²) in [6, 6.07) is 0. The average molecular weight is 180 g/mol. The molecule has 76 valence electrons. The first kappa shape index (κ1) is 9.55. The first-order valence-corrected chi connectivity index (χ1v) is 6.20. The van der Waals surface area contributed by atoms with Crippen LogP contribution < -0.4 is 0 Å². The normalized spacial score (nSPS) is 39.2. The Morgan fingerprint density at radius 2 is 1.62 bits per heavy atom. The molecule has 2 aliphatic carbocycles. The minimum Gasteiger partial charge on any atom is -0.0596 e. The maximum Gasteiger partial charge on any atom is -0.0323 e. The Balaban J connectivity index is 1.90. The lowest BCUT2D eigenvalue weighted by Crippen LogP contribution is -2.15. The van der Waals surface area contributed by atoms with E-state index in [1.54, 1.807) is 6.42 Å². The number of hydrogen-bond donors (Lipinski definition) is 0. The molecule has 2 aliphatic rings. The molecule has 0 saturated heterocycles. The van der Waals surface area contributed by atoms with Crippen LogP contribution in [0, 0.1) is 17.3 Å². The van der Waals surface area contributed by atoms with Gasteiger partial charge in [0.15, 0.2) is 0 Å². The summed E-state index contributed by atoms with van der Waals surface area (Å²) < 4.78 is 0. The minimum absolute atomic E-state index is 0.669. The van der Waals surface area contributed by atoms with Gasteiger partial charge in [0.2, 0.25) is 0 Å². The Bertz CT molecular complexity index is 169. The highest BCUT2D eigenvalue weighted by Crippen LogP contribution is 2.55. The van der Waals surface area contributed by atoms with Crippen LogP contribution in [-0.4, -0.2) is 0 Å². The summed E-state index contributed by atoms with van der Waals surface area (Å²) in [7, 11) is 0. The summed E-state index contributed by atoms with van der Waals surface area (Å²) in [5.41, 5.74) is 0.669. The Morgan fingerprint density at radius 1 is 0.923 bits per heavy atom. The molecular formula is C13H24. The largest absolute Gasteiger partial charge is 0.0596 e. The zero-order chi connectivity index (χ0) is 9.31. The van der Waals surface area contributed by atoms with Crippen LogP contribution in [0.3, 0.4) is 0 Å². The monoisotopic (exact) mass is 180 g/mol.